The molecule has 0 radical (unpaired) electrons. The smallest absolute Gasteiger partial charge is 0.252 e. The summed E-state index contributed by atoms with van der Waals surface area (Å²) in [6.07, 6.45) is 0. The molecule has 6 heteroatoms. The van der Waals surface area contributed by atoms with Gasteiger partial charge in [-0.1, -0.05) is 18.2 Å². The number of hydrogen-bond donors (Lipinski definition) is 2. The second kappa shape index (κ2) is 4.06. The molecule has 3 aromatic rings. The lowest BCUT2D eigenvalue weighted by Crippen LogP contribution is -2.15. The second-order valence-corrected chi connectivity index (χ2v) is 4.53. The monoisotopic (exact) mass is 268 g/mol. The van der Waals surface area contributed by atoms with E-state index in [1.54, 1.807) is 6.07 Å². The van der Waals surface area contributed by atoms with Crippen molar-refractivity contribution in [2.24, 2.45) is 5.73 Å². The van der Waals surface area contributed by atoms with Gasteiger partial charge in [-0.25, -0.2) is 4.98 Å². The van der Waals surface area contributed by atoms with Crippen LogP contribution in [0.15, 0.2) is 30.3 Å². The van der Waals surface area contributed by atoms with E-state index in [2.05, 4.69) is 4.98 Å². The maximum atomic E-state index is 11.9. The molecule has 4 N–H and O–H groups in total. The number of carbonyl (C=O) groups excluding carboxylic acids is 2. The minimum atomic E-state index is -0.642. The van der Waals surface area contributed by atoms with Crippen LogP contribution >= 0.6 is 0 Å². The summed E-state index contributed by atoms with van der Waals surface area (Å²) in [7, 11) is 0. The molecule has 0 aliphatic carbocycles. The lowest BCUT2D eigenvalue weighted by Gasteiger charge is -2.03. The summed E-state index contributed by atoms with van der Waals surface area (Å²) >= 11 is 0. The third kappa shape index (κ3) is 1.55. The van der Waals surface area contributed by atoms with Crippen LogP contribution in [0.1, 0.15) is 22.1 Å². The molecule has 0 spiro atoms. The Hall–Kier alpha value is -2.89. The number of carbonyl (C=O) groups is 2. The van der Waals surface area contributed by atoms with Crippen molar-refractivity contribution in [1.29, 1.82) is 0 Å². The molecule has 0 aliphatic heterocycles. The highest BCUT2D eigenvalue weighted by molar-refractivity contribution is 6.14. The fourth-order valence-electron chi connectivity index (χ4n) is 2.41. The molecule has 0 saturated carbocycles. The minimum Gasteiger partial charge on any atom is -0.383 e. The maximum Gasteiger partial charge on any atom is 0.252 e. The molecule has 1 amide bonds. The number of rotatable bonds is 1. The fraction of sp³-hybridized carbons (Fsp3) is 0.0714. The third-order valence-corrected chi connectivity index (χ3v) is 3.26. The van der Waals surface area contributed by atoms with Gasteiger partial charge in [-0.15, -0.1) is 0 Å². The number of hydrogen-bond acceptors (Lipinski definition) is 4. The molecule has 1 aromatic carbocycles. The zero-order valence-electron chi connectivity index (χ0n) is 10.8. The van der Waals surface area contributed by atoms with E-state index in [0.29, 0.717) is 11.0 Å². The van der Waals surface area contributed by atoms with E-state index in [1.165, 1.54) is 11.5 Å². The van der Waals surface area contributed by atoms with Gasteiger partial charge in [-0.2, -0.15) is 0 Å². The van der Waals surface area contributed by atoms with Crippen molar-refractivity contribution in [1.82, 2.24) is 9.55 Å². The van der Waals surface area contributed by atoms with E-state index in [9.17, 15) is 9.59 Å². The lowest BCUT2D eigenvalue weighted by molar-refractivity contribution is 0.0945. The van der Waals surface area contributed by atoms with Crippen LogP contribution in [0.4, 0.5) is 5.82 Å². The van der Waals surface area contributed by atoms with Gasteiger partial charge in [0.2, 0.25) is 5.91 Å². The quantitative estimate of drug-likeness (QED) is 0.698. The second-order valence-electron chi connectivity index (χ2n) is 4.53. The highest BCUT2D eigenvalue weighted by Gasteiger charge is 2.18. The first-order chi connectivity index (χ1) is 9.50. The zero-order chi connectivity index (χ0) is 14.4. The largest absolute Gasteiger partial charge is 0.383 e. The fourth-order valence-corrected chi connectivity index (χ4v) is 2.41. The number of nitrogen functional groups attached to an aromatic ring is 1. The Bertz CT molecular complexity index is 880. The highest BCUT2D eigenvalue weighted by Crippen LogP contribution is 2.29. The maximum absolute atomic E-state index is 11.9. The summed E-state index contributed by atoms with van der Waals surface area (Å²) in [6.45, 7) is 1.45. The summed E-state index contributed by atoms with van der Waals surface area (Å²) in [4.78, 5) is 27.4. The van der Waals surface area contributed by atoms with Gasteiger partial charge in [0.1, 0.15) is 11.5 Å². The summed E-state index contributed by atoms with van der Waals surface area (Å²) in [5.74, 6) is -0.790. The van der Waals surface area contributed by atoms with Crippen molar-refractivity contribution < 1.29 is 9.59 Å². The van der Waals surface area contributed by atoms with E-state index < -0.39 is 5.91 Å². The van der Waals surface area contributed by atoms with Crippen LogP contribution in [-0.2, 0) is 0 Å². The van der Waals surface area contributed by atoms with Gasteiger partial charge in [-0.05, 0) is 12.1 Å². The number of nitrogens with zero attached hydrogens (tertiary/aromatic N) is 2. The topological polar surface area (TPSA) is 104 Å². The molecular formula is C14H12N4O2. The number of nitrogens with two attached hydrogens (primary N) is 2. The first-order valence-corrected chi connectivity index (χ1v) is 6.01. The molecule has 2 heterocycles. The molecule has 0 unspecified atom stereocenters. The Balaban J connectivity index is 2.56. The van der Waals surface area contributed by atoms with Crippen molar-refractivity contribution in [3.05, 3.63) is 35.9 Å². The van der Waals surface area contributed by atoms with Crippen LogP contribution in [-0.4, -0.2) is 21.4 Å². The van der Waals surface area contributed by atoms with Gasteiger partial charge >= 0.3 is 0 Å². The van der Waals surface area contributed by atoms with Gasteiger partial charge in [0.25, 0.3) is 5.91 Å². The average molecular weight is 268 g/mol. The van der Waals surface area contributed by atoms with Gasteiger partial charge < -0.3 is 11.5 Å². The van der Waals surface area contributed by atoms with Crippen molar-refractivity contribution >= 4 is 39.6 Å². The first kappa shape index (κ1) is 12.2. The Morgan fingerprint density at radius 1 is 1.20 bits per heavy atom. The Labute approximate surface area is 114 Å². The van der Waals surface area contributed by atoms with Crippen LogP contribution in [0, 0.1) is 0 Å². The number of anilines is 1. The first-order valence-electron chi connectivity index (χ1n) is 6.01. The van der Waals surface area contributed by atoms with Crippen LogP contribution in [0.5, 0.6) is 0 Å². The third-order valence-electron chi connectivity index (χ3n) is 3.26. The summed E-state index contributed by atoms with van der Waals surface area (Å²) in [6, 6.07) is 8.95. The van der Waals surface area contributed by atoms with Gasteiger partial charge in [-0.3, -0.25) is 14.2 Å². The number of pyridine rings is 1. The van der Waals surface area contributed by atoms with Gasteiger partial charge in [0.05, 0.1) is 11.1 Å². The molecule has 0 atom stereocenters. The summed E-state index contributed by atoms with van der Waals surface area (Å²) in [5, 5.41) is 1.51. The number of aromatic nitrogens is 2. The molecule has 2 aromatic heterocycles. The van der Waals surface area contributed by atoms with Crippen molar-refractivity contribution in [3.8, 4) is 0 Å². The molecule has 100 valence electrons. The Morgan fingerprint density at radius 2 is 1.90 bits per heavy atom. The van der Waals surface area contributed by atoms with Gasteiger partial charge in [0, 0.05) is 17.7 Å². The predicted molar refractivity (Wildman–Crippen MR) is 76.5 cm³/mol. The zero-order valence-corrected chi connectivity index (χ0v) is 10.8. The van der Waals surface area contributed by atoms with Crippen molar-refractivity contribution in [2.75, 3.05) is 5.73 Å². The molecule has 20 heavy (non-hydrogen) atoms. The molecule has 0 bridgehead atoms. The van der Waals surface area contributed by atoms with E-state index in [1.807, 2.05) is 24.3 Å². The Morgan fingerprint density at radius 3 is 2.55 bits per heavy atom. The average Bonchev–Trinajstić information content (AvgIpc) is 2.70. The SMILES string of the molecule is CC(=O)n1c2ccccc2c2cc(C(N)=O)c(N)nc21. The molecule has 3 rings (SSSR count). The number of benzene rings is 1. The van der Waals surface area contributed by atoms with Crippen molar-refractivity contribution in [3.63, 3.8) is 0 Å². The number of primary amides is 1. The lowest BCUT2D eigenvalue weighted by atomic mass is 10.1. The number of fused-ring (bicyclic) bond motifs is 3. The number of amides is 1. The van der Waals surface area contributed by atoms with Gasteiger partial charge in [0.15, 0.2) is 0 Å². The minimum absolute atomic E-state index is 0.0234. The highest BCUT2D eigenvalue weighted by atomic mass is 16.2. The van der Waals surface area contributed by atoms with E-state index in [0.717, 1.165) is 10.9 Å². The van der Waals surface area contributed by atoms with E-state index in [-0.39, 0.29) is 17.3 Å². The van der Waals surface area contributed by atoms with Crippen LogP contribution in [0.2, 0.25) is 0 Å². The van der Waals surface area contributed by atoms with E-state index in [4.69, 9.17) is 11.5 Å². The van der Waals surface area contributed by atoms with E-state index >= 15 is 0 Å². The van der Waals surface area contributed by atoms with Crippen LogP contribution in [0.25, 0.3) is 21.9 Å². The standard InChI is InChI=1S/C14H12N4O2/c1-7(19)18-11-5-3-2-4-8(11)9-6-10(13(16)20)12(15)17-14(9)18/h2-6H,1H3,(H2,15,17)(H2,16,20). The molecule has 6 nitrogen and oxygen atoms in total. The Kier molecular flexibility index (Phi) is 2.47. The molecule has 0 fully saturated rings. The van der Waals surface area contributed by atoms with Crippen molar-refractivity contribution in [2.45, 2.75) is 6.92 Å². The predicted octanol–water partition coefficient (Wildman–Crippen LogP) is 1.53. The molecule has 0 aliphatic rings. The normalized spacial score (nSPS) is 11.1. The molecule has 0 saturated heterocycles. The summed E-state index contributed by atoms with van der Waals surface area (Å²) in [5.41, 5.74) is 12.3. The summed E-state index contributed by atoms with van der Waals surface area (Å²) < 4.78 is 1.48. The van der Waals surface area contributed by atoms with Crippen LogP contribution < -0.4 is 11.5 Å². The molecular weight excluding hydrogens is 256 g/mol. The van der Waals surface area contributed by atoms with Crippen LogP contribution in [0.3, 0.4) is 0 Å². The number of para-hydroxylation sites is 1.